The number of urea groups is 1. The molecule has 5 nitrogen and oxygen atoms in total. The summed E-state index contributed by atoms with van der Waals surface area (Å²) in [6, 6.07) is -0.556. The lowest BCUT2D eigenvalue weighted by Crippen LogP contribution is -2.20. The fourth-order valence-corrected chi connectivity index (χ4v) is 2.79. The number of amides is 2. The van der Waals surface area contributed by atoms with Crippen molar-refractivity contribution in [2.24, 2.45) is 5.73 Å². The van der Waals surface area contributed by atoms with Crippen LogP contribution in [-0.4, -0.2) is 16.0 Å². The highest BCUT2D eigenvalue weighted by molar-refractivity contribution is 7.18. The second kappa shape index (κ2) is 3.66. The molecule has 2 heterocycles. The Morgan fingerprint density at radius 3 is 3.00 bits per heavy atom. The Morgan fingerprint density at radius 1 is 1.59 bits per heavy atom. The average molecular weight is 248 g/mol. The van der Waals surface area contributed by atoms with E-state index in [4.69, 9.17) is 5.73 Å². The Bertz CT molecular complexity index is 603. The molecular weight excluding hydrogens is 236 g/mol. The van der Waals surface area contributed by atoms with E-state index >= 15 is 0 Å². The zero-order valence-corrected chi connectivity index (χ0v) is 10.2. The zero-order chi connectivity index (χ0) is 12.0. The van der Waals surface area contributed by atoms with Gasteiger partial charge < -0.3 is 11.1 Å². The van der Waals surface area contributed by atoms with Gasteiger partial charge in [0.15, 0.2) is 0 Å². The lowest BCUT2D eigenvalue weighted by molar-refractivity contribution is 0.259. The predicted octanol–water partition coefficient (Wildman–Crippen LogP) is 2.37. The number of hydrogen-bond donors (Lipinski definition) is 2. The number of aryl methyl sites for hydroxylation is 1. The SMILES string of the molecule is Cc1nc2c(C3CC3)c(NC(N)=O)cnc2s1. The number of pyridine rings is 1. The quantitative estimate of drug-likeness (QED) is 0.856. The molecule has 2 aromatic rings. The van der Waals surface area contributed by atoms with E-state index < -0.39 is 6.03 Å². The van der Waals surface area contributed by atoms with Crippen molar-refractivity contribution in [2.45, 2.75) is 25.7 Å². The van der Waals surface area contributed by atoms with E-state index in [1.807, 2.05) is 6.92 Å². The van der Waals surface area contributed by atoms with Crippen LogP contribution in [0.15, 0.2) is 6.20 Å². The van der Waals surface area contributed by atoms with Crippen molar-refractivity contribution >= 4 is 33.4 Å². The van der Waals surface area contributed by atoms with Crippen molar-refractivity contribution in [3.8, 4) is 0 Å². The molecule has 2 amide bonds. The number of carbonyl (C=O) groups excluding carboxylic acids is 1. The van der Waals surface area contributed by atoms with Gasteiger partial charge in [0.25, 0.3) is 0 Å². The zero-order valence-electron chi connectivity index (χ0n) is 9.36. The summed E-state index contributed by atoms with van der Waals surface area (Å²) in [6.07, 6.45) is 3.96. The summed E-state index contributed by atoms with van der Waals surface area (Å²) in [5.41, 5.74) is 7.89. The van der Waals surface area contributed by atoms with Crippen LogP contribution >= 0.6 is 11.3 Å². The van der Waals surface area contributed by atoms with Gasteiger partial charge in [0.1, 0.15) is 10.3 Å². The number of aromatic nitrogens is 2. The fraction of sp³-hybridized carbons (Fsp3) is 0.364. The molecule has 0 aliphatic heterocycles. The predicted molar refractivity (Wildman–Crippen MR) is 67.3 cm³/mol. The van der Waals surface area contributed by atoms with Gasteiger partial charge in [-0.15, -0.1) is 0 Å². The average Bonchev–Trinajstić information content (AvgIpc) is 2.99. The van der Waals surface area contributed by atoms with Gasteiger partial charge in [0.2, 0.25) is 0 Å². The van der Waals surface area contributed by atoms with Crippen LogP contribution in [0.1, 0.15) is 29.3 Å². The molecule has 0 radical (unpaired) electrons. The van der Waals surface area contributed by atoms with Crippen molar-refractivity contribution in [3.05, 3.63) is 16.8 Å². The minimum absolute atomic E-state index is 0.490. The number of hydrogen-bond acceptors (Lipinski definition) is 4. The normalized spacial score (nSPS) is 15.1. The second-order valence-electron chi connectivity index (χ2n) is 4.24. The molecule has 1 aliphatic rings. The molecule has 0 bridgehead atoms. The van der Waals surface area contributed by atoms with Gasteiger partial charge in [-0.05, 0) is 25.7 Å². The number of nitrogens with zero attached hydrogens (tertiary/aromatic N) is 2. The second-order valence-corrected chi connectivity index (χ2v) is 5.42. The molecule has 1 fully saturated rings. The number of nitrogens with one attached hydrogen (secondary N) is 1. The Balaban J connectivity index is 2.20. The molecule has 3 rings (SSSR count). The maximum atomic E-state index is 11.0. The Labute approximate surface area is 102 Å². The highest BCUT2D eigenvalue weighted by Gasteiger charge is 2.30. The molecule has 17 heavy (non-hydrogen) atoms. The molecular formula is C11H12N4OS. The van der Waals surface area contributed by atoms with Crippen LogP contribution in [0, 0.1) is 6.92 Å². The lowest BCUT2D eigenvalue weighted by Gasteiger charge is -2.08. The first-order valence-electron chi connectivity index (χ1n) is 5.47. The van der Waals surface area contributed by atoms with E-state index in [0.29, 0.717) is 11.6 Å². The third kappa shape index (κ3) is 1.84. The molecule has 3 N–H and O–H groups in total. The Morgan fingerprint density at radius 2 is 2.35 bits per heavy atom. The molecule has 0 aromatic carbocycles. The number of thiazole rings is 1. The summed E-state index contributed by atoms with van der Waals surface area (Å²) in [6.45, 7) is 1.96. The van der Waals surface area contributed by atoms with Crippen molar-refractivity contribution < 1.29 is 4.79 Å². The maximum absolute atomic E-state index is 11.0. The van der Waals surface area contributed by atoms with Crippen LogP contribution in [0.2, 0.25) is 0 Å². The van der Waals surface area contributed by atoms with Crippen molar-refractivity contribution in [1.29, 1.82) is 0 Å². The van der Waals surface area contributed by atoms with Crippen LogP contribution < -0.4 is 11.1 Å². The molecule has 0 atom stereocenters. The number of primary amides is 1. The number of nitrogens with two attached hydrogens (primary N) is 1. The van der Waals surface area contributed by atoms with E-state index in [1.165, 1.54) is 0 Å². The van der Waals surface area contributed by atoms with Gasteiger partial charge in [-0.3, -0.25) is 0 Å². The summed E-state index contributed by atoms with van der Waals surface area (Å²) in [5.74, 6) is 0.490. The monoisotopic (exact) mass is 248 g/mol. The summed E-state index contributed by atoms with van der Waals surface area (Å²) in [7, 11) is 0. The first-order chi connectivity index (χ1) is 8.15. The van der Waals surface area contributed by atoms with Crippen LogP contribution in [0.25, 0.3) is 10.3 Å². The molecule has 0 unspecified atom stereocenters. The summed E-state index contributed by atoms with van der Waals surface area (Å²) in [5, 5.41) is 3.63. The summed E-state index contributed by atoms with van der Waals surface area (Å²) in [4.78, 5) is 20.7. The largest absolute Gasteiger partial charge is 0.351 e. The molecule has 6 heteroatoms. The molecule has 1 aliphatic carbocycles. The molecule has 2 aromatic heterocycles. The van der Waals surface area contributed by atoms with Gasteiger partial charge in [0, 0.05) is 5.56 Å². The van der Waals surface area contributed by atoms with Crippen LogP contribution in [-0.2, 0) is 0 Å². The van der Waals surface area contributed by atoms with Crippen molar-refractivity contribution in [3.63, 3.8) is 0 Å². The first kappa shape index (κ1) is 10.5. The molecule has 88 valence electrons. The number of anilines is 1. The van der Waals surface area contributed by atoms with Crippen molar-refractivity contribution in [1.82, 2.24) is 9.97 Å². The standard InChI is InChI=1S/C11H12N4OS/c1-5-14-9-8(6-2-3-6)7(15-11(12)16)4-13-10(9)17-5/h4,6H,2-3H2,1H3,(H3,12,15,16). The van der Waals surface area contributed by atoms with E-state index in [2.05, 4.69) is 15.3 Å². The van der Waals surface area contributed by atoms with Gasteiger partial charge in [-0.25, -0.2) is 14.8 Å². The fourth-order valence-electron chi connectivity index (χ4n) is 2.02. The number of carbonyl (C=O) groups is 1. The summed E-state index contributed by atoms with van der Waals surface area (Å²) >= 11 is 1.57. The van der Waals surface area contributed by atoms with Gasteiger partial charge in [0.05, 0.1) is 16.9 Å². The molecule has 1 saturated carbocycles. The van der Waals surface area contributed by atoms with Crippen LogP contribution in [0.4, 0.5) is 10.5 Å². The molecule has 0 saturated heterocycles. The third-order valence-corrected chi connectivity index (χ3v) is 3.69. The van der Waals surface area contributed by atoms with Crippen molar-refractivity contribution in [2.75, 3.05) is 5.32 Å². The first-order valence-corrected chi connectivity index (χ1v) is 6.29. The van der Waals surface area contributed by atoms with E-state index in [-0.39, 0.29) is 0 Å². The highest BCUT2D eigenvalue weighted by Crippen LogP contribution is 2.46. The smallest absolute Gasteiger partial charge is 0.316 e. The Kier molecular flexibility index (Phi) is 2.25. The third-order valence-electron chi connectivity index (χ3n) is 2.82. The van der Waals surface area contributed by atoms with Gasteiger partial charge in [-0.1, -0.05) is 11.3 Å². The molecule has 0 spiro atoms. The van der Waals surface area contributed by atoms with Gasteiger partial charge in [-0.2, -0.15) is 0 Å². The highest BCUT2D eigenvalue weighted by atomic mass is 32.1. The van der Waals surface area contributed by atoms with Crippen LogP contribution in [0.5, 0.6) is 0 Å². The van der Waals surface area contributed by atoms with Crippen LogP contribution in [0.3, 0.4) is 0 Å². The topological polar surface area (TPSA) is 80.9 Å². The summed E-state index contributed by atoms with van der Waals surface area (Å²) < 4.78 is 0. The van der Waals surface area contributed by atoms with E-state index in [9.17, 15) is 4.79 Å². The van der Waals surface area contributed by atoms with Gasteiger partial charge >= 0.3 is 6.03 Å². The minimum atomic E-state index is -0.556. The number of fused-ring (bicyclic) bond motifs is 1. The lowest BCUT2D eigenvalue weighted by atomic mass is 10.1. The Hall–Kier alpha value is -1.69. The van der Waals surface area contributed by atoms with E-state index in [0.717, 1.165) is 33.8 Å². The minimum Gasteiger partial charge on any atom is -0.351 e. The maximum Gasteiger partial charge on any atom is 0.316 e. The number of rotatable bonds is 2. The van der Waals surface area contributed by atoms with E-state index in [1.54, 1.807) is 17.5 Å².